The maximum absolute atomic E-state index is 12.0. The van der Waals surface area contributed by atoms with Gasteiger partial charge in [0, 0.05) is 24.7 Å². The normalized spacial score (nSPS) is 12.2. The zero-order valence-corrected chi connectivity index (χ0v) is 11.8. The molecule has 0 bridgehead atoms. The second kappa shape index (κ2) is 9.41. The highest BCUT2D eigenvalue weighted by Gasteiger charge is 2.06. The first-order valence-electron chi connectivity index (χ1n) is 6.44. The van der Waals surface area contributed by atoms with Gasteiger partial charge in [-0.25, -0.2) is 4.39 Å². The first-order valence-corrected chi connectivity index (χ1v) is 6.44. The number of allylic oxidation sites excluding steroid dienone is 2. The first kappa shape index (κ1) is 16.6. The van der Waals surface area contributed by atoms with Crippen molar-refractivity contribution in [1.82, 2.24) is 10.3 Å². The topological polar surface area (TPSA) is 74.6 Å². The minimum Gasteiger partial charge on any atom is -0.516 e. The fourth-order valence-electron chi connectivity index (χ4n) is 1.53. The summed E-state index contributed by atoms with van der Waals surface area (Å²) in [6.07, 6.45) is 6.46. The number of aliphatic imine (C=N–C) groups is 1. The Morgan fingerprint density at radius 1 is 1.57 bits per heavy atom. The molecule has 1 rings (SSSR count). The van der Waals surface area contributed by atoms with E-state index in [0.29, 0.717) is 6.54 Å². The van der Waals surface area contributed by atoms with Crippen LogP contribution in [0.2, 0.25) is 0 Å². The number of amides is 1. The Bertz CT molecular complexity index is 554. The van der Waals surface area contributed by atoms with Gasteiger partial charge >= 0.3 is 0 Å². The summed E-state index contributed by atoms with van der Waals surface area (Å²) in [5, 5.41) is 11.4. The quantitative estimate of drug-likeness (QED) is 0.349. The number of hydrogen-bond donors (Lipinski definition) is 2. The van der Waals surface area contributed by atoms with E-state index in [1.165, 1.54) is 18.4 Å². The molecule has 5 nitrogen and oxygen atoms in total. The van der Waals surface area contributed by atoms with Gasteiger partial charge in [-0.15, -0.1) is 0 Å². The number of aryl methyl sites for hydroxylation is 1. The second-order valence-electron chi connectivity index (χ2n) is 4.18. The van der Waals surface area contributed by atoms with E-state index in [0.717, 1.165) is 17.5 Å². The molecule has 0 spiro atoms. The van der Waals surface area contributed by atoms with Gasteiger partial charge in [0.1, 0.15) is 6.67 Å². The van der Waals surface area contributed by atoms with Crippen molar-refractivity contribution in [3.63, 3.8) is 0 Å². The Morgan fingerprint density at radius 2 is 2.38 bits per heavy atom. The van der Waals surface area contributed by atoms with Crippen molar-refractivity contribution < 1.29 is 14.3 Å². The number of hydrogen-bond acceptors (Lipinski definition) is 4. The lowest BCUT2D eigenvalue weighted by Crippen LogP contribution is -2.25. The maximum atomic E-state index is 12.0. The van der Waals surface area contributed by atoms with Crippen LogP contribution in [0.3, 0.4) is 0 Å². The lowest BCUT2D eigenvalue weighted by atomic mass is 10.2. The number of rotatable bonds is 7. The average Bonchev–Trinajstić information content (AvgIpc) is 2.48. The molecular formula is C15H18FN3O2. The van der Waals surface area contributed by atoms with Crippen molar-refractivity contribution in [2.24, 2.45) is 4.99 Å². The number of carbonyl (C=O) groups excluding carboxylic acids is 1. The molecule has 0 aromatic carbocycles. The van der Waals surface area contributed by atoms with E-state index in [2.05, 4.69) is 15.3 Å². The summed E-state index contributed by atoms with van der Waals surface area (Å²) in [5.41, 5.74) is 2.03. The summed E-state index contributed by atoms with van der Waals surface area (Å²) in [4.78, 5) is 19.9. The molecule has 1 amide bonds. The predicted octanol–water partition coefficient (Wildman–Crippen LogP) is 2.04. The second-order valence-corrected chi connectivity index (χ2v) is 4.18. The minimum absolute atomic E-state index is 0.00297. The van der Waals surface area contributed by atoms with Gasteiger partial charge in [-0.2, -0.15) is 0 Å². The Kier molecular flexibility index (Phi) is 7.42. The van der Waals surface area contributed by atoms with E-state index in [-0.39, 0.29) is 18.0 Å². The zero-order chi connectivity index (χ0) is 15.5. The molecule has 112 valence electrons. The maximum Gasteiger partial charge on any atom is 0.253 e. The standard InChI is InChI=1S/C15H18FN3O2/c1-12-9-13(4-6-18-12)10-19-15(21)14(3-2-8-20)11-17-7-5-16/h2-4,6,8-9,11,20H,5,7,10H2,1H3,(H,19,21)/b8-2+,14-3+,17-11-. The van der Waals surface area contributed by atoms with Gasteiger partial charge in [-0.1, -0.05) is 0 Å². The van der Waals surface area contributed by atoms with E-state index in [4.69, 9.17) is 5.11 Å². The summed E-state index contributed by atoms with van der Waals surface area (Å²) in [7, 11) is 0. The Hall–Kier alpha value is -2.50. The van der Waals surface area contributed by atoms with Crippen LogP contribution in [0.4, 0.5) is 4.39 Å². The third kappa shape index (κ3) is 6.47. The van der Waals surface area contributed by atoms with E-state index < -0.39 is 6.67 Å². The smallest absolute Gasteiger partial charge is 0.253 e. The molecule has 0 aliphatic rings. The van der Waals surface area contributed by atoms with Gasteiger partial charge in [0.15, 0.2) is 0 Å². The van der Waals surface area contributed by atoms with E-state index in [9.17, 15) is 9.18 Å². The highest BCUT2D eigenvalue weighted by Crippen LogP contribution is 2.01. The summed E-state index contributed by atoms with van der Waals surface area (Å²) >= 11 is 0. The first-order chi connectivity index (χ1) is 10.2. The van der Waals surface area contributed by atoms with Crippen LogP contribution in [0.5, 0.6) is 0 Å². The molecule has 1 heterocycles. The number of alkyl halides is 1. The van der Waals surface area contributed by atoms with Gasteiger partial charge < -0.3 is 10.4 Å². The van der Waals surface area contributed by atoms with E-state index in [1.807, 2.05) is 19.1 Å². The molecule has 1 aromatic rings. The summed E-state index contributed by atoms with van der Waals surface area (Å²) in [6, 6.07) is 3.68. The summed E-state index contributed by atoms with van der Waals surface area (Å²) in [5.74, 6) is -0.356. The monoisotopic (exact) mass is 291 g/mol. The molecule has 0 unspecified atom stereocenters. The van der Waals surface area contributed by atoms with Gasteiger partial charge in [-0.05, 0) is 36.8 Å². The third-order valence-electron chi connectivity index (χ3n) is 2.48. The number of nitrogens with zero attached hydrogens (tertiary/aromatic N) is 2. The molecule has 2 N–H and O–H groups in total. The molecule has 0 saturated heterocycles. The van der Waals surface area contributed by atoms with Gasteiger partial charge in [0.25, 0.3) is 5.91 Å². The molecule has 21 heavy (non-hydrogen) atoms. The summed E-state index contributed by atoms with van der Waals surface area (Å²) < 4.78 is 12.0. The lowest BCUT2D eigenvalue weighted by molar-refractivity contribution is -0.117. The van der Waals surface area contributed by atoms with Crippen molar-refractivity contribution in [1.29, 1.82) is 0 Å². The Balaban J connectivity index is 2.68. The molecule has 6 heteroatoms. The van der Waals surface area contributed by atoms with Crippen LogP contribution in [0.15, 0.2) is 47.3 Å². The number of halogens is 1. The molecule has 1 aromatic heterocycles. The van der Waals surface area contributed by atoms with Crippen molar-refractivity contribution >= 4 is 12.1 Å². The average molecular weight is 291 g/mol. The SMILES string of the molecule is Cc1cc(CNC(=O)C(/C=N\CCF)=C/C=C/O)ccn1. The number of nitrogens with one attached hydrogen (secondary N) is 1. The molecular weight excluding hydrogens is 273 g/mol. The number of aliphatic hydroxyl groups excluding tert-OH is 1. The lowest BCUT2D eigenvalue weighted by Gasteiger charge is -2.06. The predicted molar refractivity (Wildman–Crippen MR) is 80.0 cm³/mol. The van der Waals surface area contributed by atoms with Crippen molar-refractivity contribution in [2.75, 3.05) is 13.2 Å². The number of carbonyl (C=O) groups is 1. The number of aliphatic hydroxyl groups is 1. The molecule has 0 saturated carbocycles. The fourth-order valence-corrected chi connectivity index (χ4v) is 1.53. The van der Waals surface area contributed by atoms with Crippen LogP contribution in [0, 0.1) is 6.92 Å². The van der Waals surface area contributed by atoms with Crippen LogP contribution >= 0.6 is 0 Å². The highest BCUT2D eigenvalue weighted by molar-refractivity contribution is 6.12. The van der Waals surface area contributed by atoms with Gasteiger partial charge in [-0.3, -0.25) is 14.8 Å². The fraction of sp³-hybridized carbons (Fsp3) is 0.267. The highest BCUT2D eigenvalue weighted by atomic mass is 19.1. The Labute approximate surface area is 122 Å². The molecule has 0 atom stereocenters. The molecule has 0 aliphatic carbocycles. The number of pyridine rings is 1. The van der Waals surface area contributed by atoms with Crippen molar-refractivity contribution in [3.05, 3.63) is 53.6 Å². The molecule has 0 aliphatic heterocycles. The largest absolute Gasteiger partial charge is 0.516 e. The third-order valence-corrected chi connectivity index (χ3v) is 2.48. The van der Waals surface area contributed by atoms with Crippen LogP contribution < -0.4 is 5.32 Å². The van der Waals surface area contributed by atoms with E-state index >= 15 is 0 Å². The Morgan fingerprint density at radius 3 is 3.05 bits per heavy atom. The molecule has 0 radical (unpaired) electrons. The summed E-state index contributed by atoms with van der Waals surface area (Å²) in [6.45, 7) is 1.63. The van der Waals surface area contributed by atoms with E-state index in [1.54, 1.807) is 6.20 Å². The van der Waals surface area contributed by atoms with Crippen LogP contribution in [-0.4, -0.2) is 35.4 Å². The molecule has 0 fully saturated rings. The van der Waals surface area contributed by atoms with Crippen LogP contribution in [-0.2, 0) is 11.3 Å². The minimum atomic E-state index is -0.586. The van der Waals surface area contributed by atoms with Crippen LogP contribution in [0.1, 0.15) is 11.3 Å². The van der Waals surface area contributed by atoms with Crippen molar-refractivity contribution in [3.8, 4) is 0 Å². The van der Waals surface area contributed by atoms with Crippen molar-refractivity contribution in [2.45, 2.75) is 13.5 Å². The van der Waals surface area contributed by atoms with Gasteiger partial charge in [0.2, 0.25) is 0 Å². The van der Waals surface area contributed by atoms with Crippen LogP contribution in [0.25, 0.3) is 0 Å². The zero-order valence-electron chi connectivity index (χ0n) is 11.8. The number of aromatic nitrogens is 1. The van der Waals surface area contributed by atoms with Gasteiger partial charge in [0.05, 0.1) is 18.4 Å².